The van der Waals surface area contributed by atoms with Crippen LogP contribution in [-0.4, -0.2) is 26.2 Å². The number of hydrogen-bond donors (Lipinski definition) is 2. The summed E-state index contributed by atoms with van der Waals surface area (Å²) in [6.07, 6.45) is 0.263. The molecule has 1 aliphatic carbocycles. The number of aromatic carboxylic acids is 1. The Morgan fingerprint density at radius 3 is 2.54 bits per heavy atom. The highest BCUT2D eigenvalue weighted by Crippen LogP contribution is 2.64. The molecule has 0 radical (unpaired) electrons. The van der Waals surface area contributed by atoms with Gasteiger partial charge in [-0.05, 0) is 25.0 Å². The number of non-ortho nitro benzene ring substituents is 1. The van der Waals surface area contributed by atoms with Crippen LogP contribution >= 0.6 is 34.5 Å². The summed E-state index contributed by atoms with van der Waals surface area (Å²) in [5.74, 6) is -1.70. The van der Waals surface area contributed by atoms with E-state index >= 15 is 0 Å². The molecule has 0 saturated heterocycles. The molecule has 1 aliphatic rings. The molecule has 1 aromatic carbocycles. The molecular formula is C16H12Cl2N2O5S. The number of carboxylic acids is 1. The average Bonchev–Trinajstić information content (AvgIpc) is 2.92. The maximum absolute atomic E-state index is 12.4. The van der Waals surface area contributed by atoms with Crippen molar-refractivity contribution < 1.29 is 19.6 Å². The Kier molecular flexibility index (Phi) is 4.46. The Morgan fingerprint density at radius 1 is 1.35 bits per heavy atom. The number of rotatable bonds is 5. The van der Waals surface area contributed by atoms with Gasteiger partial charge in [0.1, 0.15) is 9.21 Å². The highest BCUT2D eigenvalue weighted by Gasteiger charge is 2.68. The number of benzene rings is 1. The first kappa shape index (κ1) is 18.6. The molecule has 0 aliphatic heterocycles. The Balaban J connectivity index is 1.95. The molecule has 1 fully saturated rings. The van der Waals surface area contributed by atoms with E-state index in [1.165, 1.54) is 24.3 Å². The zero-order valence-electron chi connectivity index (χ0n) is 13.3. The van der Waals surface area contributed by atoms with Crippen molar-refractivity contribution >= 4 is 57.8 Å². The van der Waals surface area contributed by atoms with Gasteiger partial charge >= 0.3 is 5.97 Å². The second kappa shape index (κ2) is 6.22. The minimum absolute atomic E-state index is 0.0844. The lowest BCUT2D eigenvalue weighted by molar-refractivity contribution is -0.384. The van der Waals surface area contributed by atoms with Crippen LogP contribution in [0.3, 0.4) is 0 Å². The van der Waals surface area contributed by atoms with Gasteiger partial charge in [0.2, 0.25) is 5.91 Å². The van der Waals surface area contributed by atoms with Crippen molar-refractivity contribution in [3.05, 3.63) is 45.3 Å². The maximum atomic E-state index is 12.4. The van der Waals surface area contributed by atoms with Gasteiger partial charge in [-0.2, -0.15) is 0 Å². The summed E-state index contributed by atoms with van der Waals surface area (Å²) in [6.45, 7) is 1.59. The predicted molar refractivity (Wildman–Crippen MR) is 99.2 cm³/mol. The number of carbonyl (C=O) groups is 2. The van der Waals surface area contributed by atoms with Crippen molar-refractivity contribution in [2.45, 2.75) is 17.7 Å². The molecule has 1 aromatic heterocycles. The number of nitrogens with one attached hydrogen (secondary N) is 1. The average molecular weight is 415 g/mol. The number of amides is 1. The number of carbonyl (C=O) groups excluding carboxylic acids is 1. The van der Waals surface area contributed by atoms with Crippen LogP contribution in [0, 0.1) is 15.5 Å². The second-order valence-corrected chi connectivity index (χ2v) is 8.67. The van der Waals surface area contributed by atoms with Gasteiger partial charge in [0.15, 0.2) is 0 Å². The number of nitro groups is 1. The second-order valence-electron chi connectivity index (χ2n) is 6.13. The van der Waals surface area contributed by atoms with Gasteiger partial charge in [-0.15, -0.1) is 34.5 Å². The number of hydrogen-bond acceptors (Lipinski definition) is 5. The molecule has 0 unspecified atom stereocenters. The molecule has 7 nitrogen and oxygen atoms in total. The van der Waals surface area contributed by atoms with Crippen LogP contribution in [0.5, 0.6) is 0 Å². The Labute approximate surface area is 161 Å². The van der Waals surface area contributed by atoms with Crippen molar-refractivity contribution in [3.8, 4) is 10.4 Å². The first-order valence-electron chi connectivity index (χ1n) is 7.36. The summed E-state index contributed by atoms with van der Waals surface area (Å²) in [4.78, 5) is 34.7. The summed E-state index contributed by atoms with van der Waals surface area (Å²) < 4.78 is -1.18. The number of nitrogens with zero attached hydrogens (tertiary/aromatic N) is 1. The molecule has 2 N–H and O–H groups in total. The van der Waals surface area contributed by atoms with E-state index in [1.54, 1.807) is 13.0 Å². The highest BCUT2D eigenvalue weighted by atomic mass is 35.5. The van der Waals surface area contributed by atoms with Gasteiger partial charge < -0.3 is 10.4 Å². The lowest BCUT2D eigenvalue weighted by atomic mass is 10.1. The quantitative estimate of drug-likeness (QED) is 0.423. The van der Waals surface area contributed by atoms with Crippen LogP contribution in [0.15, 0.2) is 30.3 Å². The van der Waals surface area contributed by atoms with E-state index in [4.69, 9.17) is 23.2 Å². The third kappa shape index (κ3) is 3.15. The number of alkyl halides is 2. The molecule has 136 valence electrons. The van der Waals surface area contributed by atoms with Crippen molar-refractivity contribution in [3.63, 3.8) is 0 Å². The van der Waals surface area contributed by atoms with Crippen molar-refractivity contribution in [1.82, 2.24) is 0 Å². The van der Waals surface area contributed by atoms with Gasteiger partial charge in [-0.1, -0.05) is 12.1 Å². The summed E-state index contributed by atoms with van der Waals surface area (Å²) in [5, 5.41) is 22.9. The summed E-state index contributed by atoms with van der Waals surface area (Å²) >= 11 is 12.9. The van der Waals surface area contributed by atoms with E-state index in [0.29, 0.717) is 10.4 Å². The summed E-state index contributed by atoms with van der Waals surface area (Å²) in [6, 6.07) is 7.29. The van der Waals surface area contributed by atoms with E-state index in [9.17, 15) is 24.8 Å². The molecule has 0 bridgehead atoms. The van der Waals surface area contributed by atoms with E-state index in [2.05, 4.69) is 5.32 Å². The van der Waals surface area contributed by atoms with Gasteiger partial charge in [0.05, 0.1) is 16.0 Å². The Bertz CT molecular complexity index is 942. The minimum Gasteiger partial charge on any atom is -0.477 e. The lowest BCUT2D eigenvalue weighted by Crippen LogP contribution is -2.26. The molecule has 10 heteroatoms. The topological polar surface area (TPSA) is 110 Å². The predicted octanol–water partition coefficient (Wildman–Crippen LogP) is 4.54. The summed E-state index contributed by atoms with van der Waals surface area (Å²) in [5.41, 5.74) is -0.530. The van der Waals surface area contributed by atoms with E-state index < -0.39 is 26.5 Å². The van der Waals surface area contributed by atoms with E-state index in [0.717, 1.165) is 11.3 Å². The van der Waals surface area contributed by atoms with Crippen LogP contribution in [0.25, 0.3) is 10.4 Å². The zero-order chi connectivity index (χ0) is 19.3. The zero-order valence-corrected chi connectivity index (χ0v) is 15.6. The molecule has 3 rings (SSSR count). The number of carboxylic acid groups (broad SMARTS) is 1. The van der Waals surface area contributed by atoms with E-state index in [1.807, 2.05) is 0 Å². The third-order valence-electron chi connectivity index (χ3n) is 4.28. The maximum Gasteiger partial charge on any atom is 0.348 e. The van der Waals surface area contributed by atoms with Crippen LogP contribution in [0.4, 0.5) is 11.4 Å². The number of nitro benzene ring substituents is 1. The molecule has 26 heavy (non-hydrogen) atoms. The largest absolute Gasteiger partial charge is 0.477 e. The molecule has 1 amide bonds. The fourth-order valence-electron chi connectivity index (χ4n) is 2.46. The first-order valence-corrected chi connectivity index (χ1v) is 8.94. The van der Waals surface area contributed by atoms with Crippen molar-refractivity contribution in [2.24, 2.45) is 5.41 Å². The minimum atomic E-state index is -1.22. The van der Waals surface area contributed by atoms with Gasteiger partial charge in [0.25, 0.3) is 5.69 Å². The number of halogens is 2. The fourth-order valence-corrected chi connectivity index (χ4v) is 4.12. The Hall–Kier alpha value is -2.16. The number of anilines is 1. The standard InChI is InChI=1S/C16H12Cl2N2O5S/c1-15(7-16(15,17)18)14(23)19-10-6-11(26-12(10)13(21)22)8-3-2-4-9(5-8)20(24)25/h2-6H,7H2,1H3,(H,19,23)(H,21,22)/t15-/m0/s1. The van der Waals surface area contributed by atoms with Crippen LogP contribution in [-0.2, 0) is 4.79 Å². The lowest BCUT2D eigenvalue weighted by Gasteiger charge is -2.12. The van der Waals surface area contributed by atoms with Crippen LogP contribution in [0.1, 0.15) is 23.0 Å². The molecule has 0 spiro atoms. The van der Waals surface area contributed by atoms with Gasteiger partial charge in [0, 0.05) is 17.0 Å². The SMILES string of the molecule is C[C@@]1(C(=O)Nc2cc(-c3cccc([N+](=O)[O-])c3)sc2C(=O)O)CC1(Cl)Cl. The monoisotopic (exact) mass is 414 g/mol. The molecule has 1 heterocycles. The normalized spacial score (nSPS) is 20.4. The van der Waals surface area contributed by atoms with Crippen molar-refractivity contribution in [2.75, 3.05) is 5.32 Å². The smallest absolute Gasteiger partial charge is 0.348 e. The summed E-state index contributed by atoms with van der Waals surface area (Å²) in [7, 11) is 0. The molecular weight excluding hydrogens is 403 g/mol. The van der Waals surface area contributed by atoms with E-state index in [-0.39, 0.29) is 22.7 Å². The van der Waals surface area contributed by atoms with Crippen molar-refractivity contribution in [1.29, 1.82) is 0 Å². The third-order valence-corrected chi connectivity index (χ3v) is 6.55. The molecule has 1 saturated carbocycles. The van der Waals surface area contributed by atoms with Crippen LogP contribution in [0.2, 0.25) is 0 Å². The van der Waals surface area contributed by atoms with Gasteiger partial charge in [-0.25, -0.2) is 4.79 Å². The molecule has 2 aromatic rings. The van der Waals surface area contributed by atoms with Crippen LogP contribution < -0.4 is 5.32 Å². The highest BCUT2D eigenvalue weighted by molar-refractivity contribution is 7.18. The first-order chi connectivity index (χ1) is 12.0. The molecule has 1 atom stereocenters. The Morgan fingerprint density at radius 2 is 2.00 bits per heavy atom. The fraction of sp³-hybridized carbons (Fsp3) is 0.250. The van der Waals surface area contributed by atoms with Gasteiger partial charge in [-0.3, -0.25) is 14.9 Å². The number of thiophene rings is 1.